The van der Waals surface area contributed by atoms with Gasteiger partial charge in [0.05, 0.1) is 6.10 Å². The molecule has 0 spiro atoms. The van der Waals surface area contributed by atoms with Crippen LogP contribution in [-0.4, -0.2) is 45.1 Å². The maximum atomic E-state index is 12.8. The van der Waals surface area contributed by atoms with Crippen LogP contribution in [0.5, 0.6) is 0 Å². The van der Waals surface area contributed by atoms with Gasteiger partial charge in [-0.15, -0.1) is 11.3 Å². The van der Waals surface area contributed by atoms with Gasteiger partial charge < -0.3 is 15.0 Å². The molecule has 0 bridgehead atoms. The average Bonchev–Trinajstić information content (AvgIpc) is 2.98. The van der Waals surface area contributed by atoms with Crippen molar-refractivity contribution in [1.29, 1.82) is 0 Å². The Morgan fingerprint density at radius 2 is 2.27 bits per heavy atom. The van der Waals surface area contributed by atoms with Crippen molar-refractivity contribution in [3.8, 4) is 0 Å². The van der Waals surface area contributed by atoms with Crippen molar-refractivity contribution in [1.82, 2.24) is 14.9 Å². The van der Waals surface area contributed by atoms with E-state index in [1.54, 1.807) is 22.3 Å². The highest BCUT2D eigenvalue weighted by Crippen LogP contribution is 2.34. The van der Waals surface area contributed by atoms with E-state index in [0.29, 0.717) is 31.0 Å². The quantitative estimate of drug-likeness (QED) is 0.859. The van der Waals surface area contributed by atoms with Crippen LogP contribution in [0, 0.1) is 12.8 Å². The zero-order valence-electron chi connectivity index (χ0n) is 15.4. The summed E-state index contributed by atoms with van der Waals surface area (Å²) in [6, 6.07) is 3.71. The predicted octanol–water partition coefficient (Wildman–Crippen LogP) is 2.33. The third-order valence-corrected chi connectivity index (χ3v) is 5.91. The van der Waals surface area contributed by atoms with E-state index in [9.17, 15) is 14.7 Å². The number of amides is 1. The van der Waals surface area contributed by atoms with Crippen LogP contribution in [-0.2, 0) is 6.42 Å². The van der Waals surface area contributed by atoms with Gasteiger partial charge in [-0.1, -0.05) is 13.8 Å². The summed E-state index contributed by atoms with van der Waals surface area (Å²) in [7, 11) is 0. The highest BCUT2D eigenvalue weighted by atomic mass is 32.1. The number of β-amino-alcohol motifs (C(OH)–C–C–N with tert-alkyl or cyclic N) is 1. The lowest BCUT2D eigenvalue weighted by molar-refractivity contribution is 0.0382. The number of aromatic amines is 1. The number of aliphatic hydroxyl groups is 1. The molecule has 0 saturated carbocycles. The van der Waals surface area contributed by atoms with Crippen LogP contribution in [0.1, 0.15) is 52.8 Å². The number of carbonyl (C=O) groups excluding carboxylic acids is 1. The van der Waals surface area contributed by atoms with Crippen molar-refractivity contribution in [3.05, 3.63) is 49.8 Å². The van der Waals surface area contributed by atoms with Crippen molar-refractivity contribution in [2.75, 3.05) is 13.1 Å². The molecular weight excluding hydrogens is 350 g/mol. The molecule has 26 heavy (non-hydrogen) atoms. The van der Waals surface area contributed by atoms with Crippen LogP contribution in [0.4, 0.5) is 0 Å². The highest BCUT2D eigenvalue weighted by Gasteiger charge is 2.33. The molecule has 0 radical (unpaired) electrons. The van der Waals surface area contributed by atoms with Gasteiger partial charge in [0, 0.05) is 29.6 Å². The molecule has 1 amide bonds. The summed E-state index contributed by atoms with van der Waals surface area (Å²) in [5.74, 6) is 0.131. The minimum Gasteiger partial charge on any atom is -0.391 e. The molecule has 2 aromatic rings. The number of H-pyrrole nitrogens is 1. The largest absolute Gasteiger partial charge is 0.391 e. The number of aliphatic hydroxyl groups excluding tert-OH is 1. The Kier molecular flexibility index (Phi) is 5.58. The first-order valence-electron chi connectivity index (χ1n) is 8.96. The molecule has 3 rings (SSSR count). The molecule has 1 fully saturated rings. The minimum atomic E-state index is -0.609. The lowest BCUT2D eigenvalue weighted by Gasteiger charge is -2.35. The van der Waals surface area contributed by atoms with Gasteiger partial charge in [-0.25, -0.2) is 4.79 Å². The second-order valence-electron chi connectivity index (χ2n) is 7.38. The number of nitrogens with one attached hydrogen (secondary N) is 1. The zero-order chi connectivity index (χ0) is 18.8. The number of piperidine rings is 1. The third kappa shape index (κ3) is 4.04. The summed E-state index contributed by atoms with van der Waals surface area (Å²) in [6.07, 6.45) is 0.777. The van der Waals surface area contributed by atoms with Crippen molar-refractivity contribution >= 4 is 17.2 Å². The van der Waals surface area contributed by atoms with Gasteiger partial charge in [0.1, 0.15) is 5.69 Å². The van der Waals surface area contributed by atoms with Crippen molar-refractivity contribution in [2.45, 2.75) is 45.6 Å². The van der Waals surface area contributed by atoms with E-state index in [2.05, 4.69) is 16.0 Å². The van der Waals surface area contributed by atoms with Gasteiger partial charge in [-0.3, -0.25) is 4.79 Å². The van der Waals surface area contributed by atoms with Crippen LogP contribution in [0.25, 0.3) is 0 Å². The zero-order valence-corrected chi connectivity index (χ0v) is 16.2. The van der Waals surface area contributed by atoms with E-state index < -0.39 is 11.8 Å². The Morgan fingerprint density at radius 3 is 2.88 bits per heavy atom. The average molecular weight is 375 g/mol. The summed E-state index contributed by atoms with van der Waals surface area (Å²) in [5, 5.41) is 12.6. The standard InChI is InChI=1S/C19H25N3O3S/c1-11(2)8-13-9-15(21-19(25)20-13)18(24)22-6-4-14(16(23)10-22)17-12(3)5-7-26-17/h5,7,9,11,14,16,23H,4,6,8,10H2,1-3H3,(H,20,21,25)/t14-,16-/m1/s1. The normalized spacial score (nSPS) is 20.6. The summed E-state index contributed by atoms with van der Waals surface area (Å²) >= 11 is 1.65. The first-order chi connectivity index (χ1) is 12.3. The third-order valence-electron chi connectivity index (χ3n) is 4.76. The van der Waals surface area contributed by atoms with Crippen LogP contribution in [0.15, 0.2) is 22.3 Å². The van der Waals surface area contributed by atoms with Gasteiger partial charge in [-0.05, 0) is 48.8 Å². The van der Waals surface area contributed by atoms with E-state index in [1.165, 1.54) is 10.4 Å². The monoisotopic (exact) mass is 375 g/mol. The lowest BCUT2D eigenvalue weighted by atomic mass is 9.90. The Balaban J connectivity index is 1.75. The number of carbonyl (C=O) groups is 1. The molecule has 0 aromatic carbocycles. The molecule has 7 heteroatoms. The molecule has 1 saturated heterocycles. The number of hydrogen-bond acceptors (Lipinski definition) is 5. The van der Waals surface area contributed by atoms with E-state index in [-0.39, 0.29) is 24.1 Å². The van der Waals surface area contributed by atoms with Crippen molar-refractivity contribution < 1.29 is 9.90 Å². The SMILES string of the molecule is Cc1ccsc1[C@@H]1CCN(C(=O)c2cc(CC(C)C)[nH]c(=O)n2)C[C@H]1O. The first kappa shape index (κ1) is 18.8. The maximum absolute atomic E-state index is 12.8. The van der Waals surface area contributed by atoms with E-state index >= 15 is 0 Å². The molecule has 140 valence electrons. The fourth-order valence-electron chi connectivity index (χ4n) is 3.52. The summed E-state index contributed by atoms with van der Waals surface area (Å²) < 4.78 is 0. The summed E-state index contributed by atoms with van der Waals surface area (Å²) in [4.78, 5) is 33.9. The van der Waals surface area contributed by atoms with Gasteiger partial charge in [0.25, 0.3) is 5.91 Å². The summed E-state index contributed by atoms with van der Waals surface area (Å²) in [6.45, 7) is 6.95. The molecule has 1 aliphatic rings. The van der Waals surface area contributed by atoms with Crippen LogP contribution < -0.4 is 5.69 Å². The highest BCUT2D eigenvalue weighted by molar-refractivity contribution is 7.10. The van der Waals surface area contributed by atoms with Crippen LogP contribution in [0.2, 0.25) is 0 Å². The Labute approximate surface area is 156 Å². The molecule has 3 heterocycles. The Morgan fingerprint density at radius 1 is 1.50 bits per heavy atom. The maximum Gasteiger partial charge on any atom is 0.345 e. The number of aryl methyl sites for hydroxylation is 1. The molecule has 1 aliphatic heterocycles. The second-order valence-corrected chi connectivity index (χ2v) is 8.32. The second kappa shape index (κ2) is 7.72. The fourth-order valence-corrected chi connectivity index (χ4v) is 4.64. The van der Waals surface area contributed by atoms with Gasteiger partial charge in [0.2, 0.25) is 0 Å². The number of aromatic nitrogens is 2. The molecule has 2 aromatic heterocycles. The van der Waals surface area contributed by atoms with Gasteiger partial charge in [0.15, 0.2) is 0 Å². The van der Waals surface area contributed by atoms with Crippen LogP contribution in [0.3, 0.4) is 0 Å². The lowest BCUT2D eigenvalue weighted by Crippen LogP contribution is -2.46. The van der Waals surface area contributed by atoms with E-state index in [1.807, 2.05) is 26.2 Å². The van der Waals surface area contributed by atoms with Gasteiger partial charge in [-0.2, -0.15) is 4.98 Å². The molecule has 2 atom stereocenters. The predicted molar refractivity (Wildman–Crippen MR) is 102 cm³/mol. The van der Waals surface area contributed by atoms with Crippen molar-refractivity contribution in [3.63, 3.8) is 0 Å². The number of thiophene rings is 1. The molecule has 0 unspecified atom stereocenters. The molecule has 0 aliphatic carbocycles. The fraction of sp³-hybridized carbons (Fsp3) is 0.526. The number of hydrogen-bond donors (Lipinski definition) is 2. The van der Waals surface area contributed by atoms with Crippen LogP contribution >= 0.6 is 11.3 Å². The van der Waals surface area contributed by atoms with Crippen molar-refractivity contribution in [2.24, 2.45) is 5.92 Å². The topological polar surface area (TPSA) is 86.3 Å². The molecule has 2 N–H and O–H groups in total. The smallest absolute Gasteiger partial charge is 0.345 e. The Hall–Kier alpha value is -1.99. The van der Waals surface area contributed by atoms with E-state index in [0.717, 1.165) is 0 Å². The number of nitrogens with zero attached hydrogens (tertiary/aromatic N) is 2. The summed E-state index contributed by atoms with van der Waals surface area (Å²) in [5.41, 5.74) is 1.56. The Bertz CT molecular complexity index is 843. The number of likely N-dealkylation sites (tertiary alicyclic amines) is 1. The first-order valence-corrected chi connectivity index (χ1v) is 9.84. The minimum absolute atomic E-state index is 0.0580. The van der Waals surface area contributed by atoms with E-state index in [4.69, 9.17) is 0 Å². The number of rotatable bonds is 4. The molecule has 6 nitrogen and oxygen atoms in total. The van der Waals surface area contributed by atoms with Gasteiger partial charge >= 0.3 is 5.69 Å². The molecular formula is C19H25N3O3S.